The van der Waals surface area contributed by atoms with Crippen LogP contribution in [0.25, 0.3) is 0 Å². The zero-order valence-electron chi connectivity index (χ0n) is 12.1. The Morgan fingerprint density at radius 1 is 1.32 bits per heavy atom. The number of rotatable bonds is 6. The standard InChI is InChI=1S/C13H25N3O3/c1-4-19-11(17)5-6-15-12(18)13(2,3)16-9-7-14-8-10-16/h14H,4-10H2,1-3H3,(H,15,18). The van der Waals surface area contributed by atoms with Crippen LogP contribution < -0.4 is 10.6 Å². The molecule has 1 aliphatic rings. The van der Waals surface area contributed by atoms with E-state index in [1.54, 1.807) is 6.92 Å². The average molecular weight is 271 g/mol. The van der Waals surface area contributed by atoms with E-state index < -0.39 is 5.54 Å². The van der Waals surface area contributed by atoms with E-state index in [2.05, 4.69) is 15.5 Å². The van der Waals surface area contributed by atoms with Gasteiger partial charge in [0.05, 0.1) is 18.6 Å². The van der Waals surface area contributed by atoms with E-state index in [4.69, 9.17) is 4.74 Å². The highest BCUT2D eigenvalue weighted by Crippen LogP contribution is 2.15. The van der Waals surface area contributed by atoms with E-state index in [-0.39, 0.29) is 18.3 Å². The minimum absolute atomic E-state index is 0.0429. The van der Waals surface area contributed by atoms with Gasteiger partial charge in [0.2, 0.25) is 5.91 Å². The number of hydrogen-bond donors (Lipinski definition) is 2. The molecule has 6 heteroatoms. The van der Waals surface area contributed by atoms with E-state index >= 15 is 0 Å². The smallest absolute Gasteiger partial charge is 0.307 e. The first-order valence-corrected chi connectivity index (χ1v) is 6.88. The molecule has 1 heterocycles. The van der Waals surface area contributed by atoms with E-state index in [0.717, 1.165) is 26.2 Å². The Kier molecular flexibility index (Phi) is 6.24. The van der Waals surface area contributed by atoms with Crippen molar-refractivity contribution in [2.75, 3.05) is 39.3 Å². The Morgan fingerprint density at radius 3 is 2.53 bits per heavy atom. The second-order valence-electron chi connectivity index (χ2n) is 5.11. The molecule has 0 spiro atoms. The van der Waals surface area contributed by atoms with Crippen LogP contribution in [0.3, 0.4) is 0 Å². The van der Waals surface area contributed by atoms with E-state index in [9.17, 15) is 9.59 Å². The predicted octanol–water partition coefficient (Wildman–Crippen LogP) is -0.260. The monoisotopic (exact) mass is 271 g/mol. The fourth-order valence-corrected chi connectivity index (χ4v) is 2.10. The number of ether oxygens (including phenoxy) is 1. The molecule has 1 amide bonds. The van der Waals surface area contributed by atoms with Crippen LogP contribution in [-0.4, -0.2) is 61.6 Å². The molecule has 0 aromatic heterocycles. The zero-order chi connectivity index (χ0) is 14.3. The lowest BCUT2D eigenvalue weighted by Crippen LogP contribution is -2.60. The molecule has 1 aliphatic heterocycles. The SMILES string of the molecule is CCOC(=O)CCNC(=O)C(C)(C)N1CCNCC1. The second-order valence-corrected chi connectivity index (χ2v) is 5.11. The number of esters is 1. The summed E-state index contributed by atoms with van der Waals surface area (Å²) in [6, 6.07) is 0. The lowest BCUT2D eigenvalue weighted by molar-refractivity contribution is -0.143. The maximum absolute atomic E-state index is 12.2. The molecule has 1 rings (SSSR count). The Bertz CT molecular complexity index is 312. The van der Waals surface area contributed by atoms with Crippen molar-refractivity contribution in [2.45, 2.75) is 32.7 Å². The minimum atomic E-state index is -0.545. The van der Waals surface area contributed by atoms with Crippen LogP contribution >= 0.6 is 0 Å². The van der Waals surface area contributed by atoms with Crippen LogP contribution in [-0.2, 0) is 14.3 Å². The highest BCUT2D eigenvalue weighted by atomic mass is 16.5. The van der Waals surface area contributed by atoms with Gasteiger partial charge in [0.25, 0.3) is 0 Å². The summed E-state index contributed by atoms with van der Waals surface area (Å²) in [5.74, 6) is -0.318. The van der Waals surface area contributed by atoms with Gasteiger partial charge >= 0.3 is 5.97 Å². The van der Waals surface area contributed by atoms with Gasteiger partial charge in [-0.2, -0.15) is 0 Å². The molecule has 2 N–H and O–H groups in total. The molecule has 0 unspecified atom stereocenters. The van der Waals surface area contributed by atoms with Gasteiger partial charge in [-0.15, -0.1) is 0 Å². The van der Waals surface area contributed by atoms with Crippen LogP contribution in [0.15, 0.2) is 0 Å². The van der Waals surface area contributed by atoms with Gasteiger partial charge in [-0.1, -0.05) is 0 Å². The summed E-state index contributed by atoms with van der Waals surface area (Å²) in [5.41, 5.74) is -0.545. The van der Waals surface area contributed by atoms with Crippen molar-refractivity contribution in [2.24, 2.45) is 0 Å². The molecule has 0 saturated carbocycles. The van der Waals surface area contributed by atoms with Crippen molar-refractivity contribution < 1.29 is 14.3 Å². The molecule has 110 valence electrons. The summed E-state index contributed by atoms with van der Waals surface area (Å²) >= 11 is 0. The molecule has 6 nitrogen and oxygen atoms in total. The molecule has 0 atom stereocenters. The number of hydrogen-bond acceptors (Lipinski definition) is 5. The Labute approximate surface area is 114 Å². The summed E-state index contributed by atoms with van der Waals surface area (Å²) in [6.07, 6.45) is 0.219. The van der Waals surface area contributed by atoms with Gasteiger partial charge in [0.15, 0.2) is 0 Å². The zero-order valence-corrected chi connectivity index (χ0v) is 12.1. The number of nitrogens with zero attached hydrogens (tertiary/aromatic N) is 1. The highest BCUT2D eigenvalue weighted by Gasteiger charge is 2.34. The number of amides is 1. The number of carbonyl (C=O) groups excluding carboxylic acids is 2. The molecule has 1 fully saturated rings. The number of carbonyl (C=O) groups is 2. The first-order chi connectivity index (χ1) is 8.98. The molecule has 0 aromatic carbocycles. The lowest BCUT2D eigenvalue weighted by atomic mass is 10.0. The molecule has 1 saturated heterocycles. The third-order valence-electron chi connectivity index (χ3n) is 3.38. The van der Waals surface area contributed by atoms with Crippen molar-refractivity contribution in [1.29, 1.82) is 0 Å². The van der Waals surface area contributed by atoms with Gasteiger partial charge in [0.1, 0.15) is 0 Å². The van der Waals surface area contributed by atoms with Crippen molar-refractivity contribution >= 4 is 11.9 Å². The Morgan fingerprint density at radius 2 is 1.95 bits per heavy atom. The van der Waals surface area contributed by atoms with Crippen molar-refractivity contribution in [3.63, 3.8) is 0 Å². The highest BCUT2D eigenvalue weighted by molar-refractivity contribution is 5.85. The fraction of sp³-hybridized carbons (Fsp3) is 0.846. The van der Waals surface area contributed by atoms with Gasteiger partial charge in [0, 0.05) is 32.7 Å². The molecular formula is C13H25N3O3. The normalized spacial score (nSPS) is 17.0. The largest absolute Gasteiger partial charge is 0.466 e. The van der Waals surface area contributed by atoms with Crippen LogP contribution in [0, 0.1) is 0 Å². The summed E-state index contributed by atoms with van der Waals surface area (Å²) in [5, 5.41) is 6.07. The topological polar surface area (TPSA) is 70.7 Å². The van der Waals surface area contributed by atoms with Crippen molar-refractivity contribution in [1.82, 2.24) is 15.5 Å². The van der Waals surface area contributed by atoms with E-state index in [0.29, 0.717) is 13.2 Å². The summed E-state index contributed by atoms with van der Waals surface area (Å²) < 4.78 is 4.82. The molecule has 0 bridgehead atoms. The first-order valence-electron chi connectivity index (χ1n) is 6.88. The Hall–Kier alpha value is -1.14. The third-order valence-corrected chi connectivity index (χ3v) is 3.38. The quantitative estimate of drug-likeness (QED) is 0.651. The van der Waals surface area contributed by atoms with Crippen LogP contribution in [0.2, 0.25) is 0 Å². The van der Waals surface area contributed by atoms with Gasteiger partial charge in [-0.3, -0.25) is 14.5 Å². The van der Waals surface area contributed by atoms with E-state index in [1.165, 1.54) is 0 Å². The summed E-state index contributed by atoms with van der Waals surface area (Å²) in [6.45, 7) is 9.82. The van der Waals surface area contributed by atoms with Crippen LogP contribution in [0.4, 0.5) is 0 Å². The lowest BCUT2D eigenvalue weighted by Gasteiger charge is -2.39. The number of piperazine rings is 1. The maximum atomic E-state index is 12.2. The predicted molar refractivity (Wildman–Crippen MR) is 72.8 cm³/mol. The third kappa shape index (κ3) is 4.80. The summed E-state index contributed by atoms with van der Waals surface area (Å²) in [7, 11) is 0. The second kappa shape index (κ2) is 7.45. The van der Waals surface area contributed by atoms with Gasteiger partial charge in [-0.25, -0.2) is 0 Å². The summed E-state index contributed by atoms with van der Waals surface area (Å²) in [4.78, 5) is 25.5. The molecule has 0 aromatic rings. The van der Waals surface area contributed by atoms with Gasteiger partial charge in [-0.05, 0) is 20.8 Å². The molecule has 0 radical (unpaired) electrons. The van der Waals surface area contributed by atoms with Crippen LogP contribution in [0.1, 0.15) is 27.2 Å². The van der Waals surface area contributed by atoms with Crippen molar-refractivity contribution in [3.05, 3.63) is 0 Å². The van der Waals surface area contributed by atoms with Gasteiger partial charge < -0.3 is 15.4 Å². The maximum Gasteiger partial charge on any atom is 0.307 e. The molecule has 19 heavy (non-hydrogen) atoms. The van der Waals surface area contributed by atoms with Crippen LogP contribution in [0.5, 0.6) is 0 Å². The Balaban J connectivity index is 2.36. The molecular weight excluding hydrogens is 246 g/mol. The average Bonchev–Trinajstić information content (AvgIpc) is 2.40. The number of nitrogens with one attached hydrogen (secondary N) is 2. The minimum Gasteiger partial charge on any atom is -0.466 e. The first kappa shape index (κ1) is 15.9. The fourth-order valence-electron chi connectivity index (χ4n) is 2.10. The van der Waals surface area contributed by atoms with E-state index in [1.807, 2.05) is 13.8 Å². The molecule has 0 aliphatic carbocycles. The van der Waals surface area contributed by atoms with Crippen molar-refractivity contribution in [3.8, 4) is 0 Å².